The number of amides is 1. The summed E-state index contributed by atoms with van der Waals surface area (Å²) in [5.41, 5.74) is 2.78. The van der Waals surface area contributed by atoms with Gasteiger partial charge in [0.15, 0.2) is 0 Å². The van der Waals surface area contributed by atoms with E-state index in [1.165, 1.54) is 59.9 Å². The molecule has 0 saturated carbocycles. The number of benzene rings is 1. The Morgan fingerprint density at radius 3 is 2.36 bits per heavy atom. The van der Waals surface area contributed by atoms with E-state index in [9.17, 15) is 14.0 Å². The quantitative estimate of drug-likeness (QED) is 0.104. The number of ether oxygens (including phenoxy) is 1. The zero-order valence-corrected chi connectivity index (χ0v) is 22.9. The fraction of sp³-hybridized carbons (Fsp3) is 0.533. The summed E-state index contributed by atoms with van der Waals surface area (Å²) in [6.45, 7) is 14.9. The smallest absolute Gasteiger partial charge is 0.343 e. The lowest BCUT2D eigenvalue weighted by molar-refractivity contribution is -0.140. The number of hydrogen-bond donors (Lipinski definition) is 1. The van der Waals surface area contributed by atoms with Gasteiger partial charge in [0.25, 0.3) is 5.91 Å². The zero-order chi connectivity index (χ0) is 26.3. The Bertz CT molecular complexity index is 897. The number of hydrogen-bond acceptors (Lipinski definition) is 4. The summed E-state index contributed by atoms with van der Waals surface area (Å²) < 4.78 is 16.8. The van der Waals surface area contributed by atoms with Crippen LogP contribution in [0.25, 0.3) is 0 Å². The summed E-state index contributed by atoms with van der Waals surface area (Å²) in [5.74, 6) is -0.691. The molecule has 0 spiro atoms. The number of allylic oxidation sites excluding steroid dienone is 4. The van der Waals surface area contributed by atoms with Crippen molar-refractivity contribution in [2.24, 2.45) is 5.41 Å². The van der Waals surface area contributed by atoms with Gasteiger partial charge in [-0.1, -0.05) is 71.9 Å². The molecule has 204 valence electrons. The van der Waals surface area contributed by atoms with E-state index < -0.39 is 5.97 Å². The highest BCUT2D eigenvalue weighted by atomic mass is 32.2. The van der Waals surface area contributed by atoms with Crippen molar-refractivity contribution in [1.82, 2.24) is 5.32 Å². The van der Waals surface area contributed by atoms with Gasteiger partial charge in [-0.3, -0.25) is 4.79 Å². The first kappa shape index (κ1) is 33.7. The topological polar surface area (TPSA) is 55.4 Å². The molecule has 36 heavy (non-hydrogen) atoms. The zero-order valence-electron chi connectivity index (χ0n) is 22.0. The third-order valence-electron chi connectivity index (χ3n) is 5.99. The molecule has 0 fully saturated rings. The number of thioether (sulfide) groups is 1. The number of halogens is 1. The predicted molar refractivity (Wildman–Crippen MR) is 154 cm³/mol. The maximum Gasteiger partial charge on any atom is 0.343 e. The van der Waals surface area contributed by atoms with Gasteiger partial charge in [-0.2, -0.15) is 0 Å². The van der Waals surface area contributed by atoms with Gasteiger partial charge >= 0.3 is 5.97 Å². The molecule has 6 heteroatoms. The van der Waals surface area contributed by atoms with Crippen LogP contribution in [0.4, 0.5) is 4.39 Å². The van der Waals surface area contributed by atoms with E-state index in [0.717, 1.165) is 19.3 Å². The van der Waals surface area contributed by atoms with Gasteiger partial charge in [0, 0.05) is 1.43 Å². The first-order valence-corrected chi connectivity index (χ1v) is 13.5. The van der Waals surface area contributed by atoms with Gasteiger partial charge in [0.1, 0.15) is 11.4 Å². The molecule has 1 aliphatic carbocycles. The Balaban J connectivity index is 0. The Labute approximate surface area is 224 Å². The van der Waals surface area contributed by atoms with E-state index >= 15 is 0 Å². The van der Waals surface area contributed by atoms with Crippen LogP contribution in [0.5, 0.6) is 0 Å². The average molecular weight is 522 g/mol. The van der Waals surface area contributed by atoms with Crippen LogP contribution in [-0.2, 0) is 14.3 Å². The largest absolute Gasteiger partial charge is 0.462 e. The minimum Gasteiger partial charge on any atom is -0.462 e. The fourth-order valence-corrected chi connectivity index (χ4v) is 4.85. The number of nitrogens with one attached hydrogen (secondary N) is 1. The van der Waals surface area contributed by atoms with Crippen molar-refractivity contribution >= 4 is 23.6 Å². The van der Waals surface area contributed by atoms with Crippen LogP contribution in [-0.4, -0.2) is 24.4 Å². The number of carbonyl (C=O) groups is 2. The molecule has 1 N–H and O–H groups in total. The summed E-state index contributed by atoms with van der Waals surface area (Å²) in [6.07, 6.45) is 9.51. The first-order valence-electron chi connectivity index (χ1n) is 12.5. The van der Waals surface area contributed by atoms with Crippen molar-refractivity contribution in [2.45, 2.75) is 87.0 Å². The van der Waals surface area contributed by atoms with E-state index in [4.69, 9.17) is 4.74 Å². The standard InChI is InChI=1S/C23H37NO3S.C6H5F.CH4.H2/c1-7-10-15-23(5,6)17(4)19-13-11-12-14-20(19)28-16-24-21(25)18(8-2)22(26)27-9-3;7-6-4-2-1-3-5-6;;/h8H,4,7,9-16H2,1-3,5-6H3,(H,24,25);1-5H;1H4;1H/b18-8+;;;. The van der Waals surface area contributed by atoms with Crippen molar-refractivity contribution < 1.29 is 20.1 Å². The monoisotopic (exact) mass is 521 g/mol. The molecule has 0 heterocycles. The highest BCUT2D eigenvalue weighted by Gasteiger charge is 2.27. The molecule has 0 aromatic heterocycles. The fourth-order valence-electron chi connectivity index (χ4n) is 3.78. The Kier molecular flexibility index (Phi) is 16.8. The molecule has 0 radical (unpaired) electrons. The van der Waals surface area contributed by atoms with E-state index in [2.05, 4.69) is 32.7 Å². The van der Waals surface area contributed by atoms with E-state index in [1.807, 2.05) is 0 Å². The second-order valence-electron chi connectivity index (χ2n) is 9.09. The first-order chi connectivity index (χ1) is 16.7. The highest BCUT2D eigenvalue weighted by molar-refractivity contribution is 8.03. The van der Waals surface area contributed by atoms with Crippen molar-refractivity contribution in [2.75, 3.05) is 12.5 Å². The number of esters is 1. The maximum absolute atomic E-state index is 12.3. The van der Waals surface area contributed by atoms with Crippen LogP contribution in [0.3, 0.4) is 0 Å². The lowest BCUT2D eigenvalue weighted by Gasteiger charge is -2.32. The van der Waals surface area contributed by atoms with Gasteiger partial charge in [-0.25, -0.2) is 9.18 Å². The number of carbonyl (C=O) groups excluding carboxylic acids is 2. The predicted octanol–water partition coefficient (Wildman–Crippen LogP) is 8.61. The molecule has 2 rings (SSSR count). The Morgan fingerprint density at radius 2 is 1.83 bits per heavy atom. The van der Waals surface area contributed by atoms with Crippen LogP contribution >= 0.6 is 11.8 Å². The minimum atomic E-state index is -0.573. The maximum atomic E-state index is 12.3. The summed E-state index contributed by atoms with van der Waals surface area (Å²) >= 11 is 1.66. The molecular weight excluding hydrogens is 473 g/mol. The molecule has 1 aliphatic rings. The van der Waals surface area contributed by atoms with Gasteiger partial charge in [0.05, 0.1) is 12.5 Å². The third kappa shape index (κ3) is 11.6. The molecule has 0 aliphatic heterocycles. The Hall–Kier alpha value is -2.34. The second-order valence-corrected chi connectivity index (χ2v) is 10.2. The molecule has 1 amide bonds. The molecule has 4 nitrogen and oxygen atoms in total. The van der Waals surface area contributed by atoms with Gasteiger partial charge < -0.3 is 10.1 Å². The second kappa shape index (κ2) is 18.0. The Morgan fingerprint density at radius 1 is 1.19 bits per heavy atom. The summed E-state index contributed by atoms with van der Waals surface area (Å²) in [7, 11) is 0. The number of unbranched alkanes of at least 4 members (excludes halogenated alkanes) is 1. The van der Waals surface area contributed by atoms with Crippen molar-refractivity contribution in [3.8, 4) is 0 Å². The van der Waals surface area contributed by atoms with Crippen LogP contribution in [0.2, 0.25) is 0 Å². The number of rotatable bonds is 11. The van der Waals surface area contributed by atoms with E-state index in [-0.39, 0.29) is 38.2 Å². The summed E-state index contributed by atoms with van der Waals surface area (Å²) in [4.78, 5) is 25.5. The van der Waals surface area contributed by atoms with Crippen LogP contribution < -0.4 is 5.32 Å². The van der Waals surface area contributed by atoms with Crippen molar-refractivity contribution in [1.29, 1.82) is 0 Å². The molecule has 0 saturated heterocycles. The lowest BCUT2D eigenvalue weighted by atomic mass is 9.75. The summed E-state index contributed by atoms with van der Waals surface area (Å²) in [5, 5.41) is 2.84. The van der Waals surface area contributed by atoms with Gasteiger partial charge in [0.2, 0.25) is 0 Å². The van der Waals surface area contributed by atoms with E-state index in [0.29, 0.717) is 5.88 Å². The van der Waals surface area contributed by atoms with Crippen molar-refractivity contribution in [3.05, 3.63) is 70.4 Å². The lowest BCUT2D eigenvalue weighted by Crippen LogP contribution is -2.29. The molecule has 0 unspecified atom stereocenters. The van der Waals surface area contributed by atoms with Gasteiger partial charge in [-0.05, 0) is 79.6 Å². The normalized spacial score (nSPS) is 13.7. The van der Waals surface area contributed by atoms with Crippen LogP contribution in [0, 0.1) is 11.2 Å². The molecule has 1 aromatic rings. The molecule has 1 aromatic carbocycles. The molecule has 0 atom stereocenters. The van der Waals surface area contributed by atoms with Crippen LogP contribution in [0.1, 0.15) is 88.4 Å². The summed E-state index contributed by atoms with van der Waals surface area (Å²) in [6, 6.07) is 7.94. The van der Waals surface area contributed by atoms with Crippen LogP contribution in [0.15, 0.2) is 64.6 Å². The van der Waals surface area contributed by atoms with Crippen molar-refractivity contribution in [3.63, 3.8) is 0 Å². The van der Waals surface area contributed by atoms with Gasteiger partial charge in [-0.15, -0.1) is 11.8 Å². The highest BCUT2D eigenvalue weighted by Crippen LogP contribution is 2.43. The SMILES string of the molecule is C.C=C(C1=C(SCNC(=O)/C(=C\C)C(=O)OCC)CCCC1)C(C)(C)CCCC.Fc1ccccc1.[HH]. The average Bonchev–Trinajstić information content (AvgIpc) is 2.84. The molecular formula is C30H48FNO3S. The van der Waals surface area contributed by atoms with E-state index in [1.54, 1.807) is 43.8 Å². The third-order valence-corrected chi connectivity index (χ3v) is 7.08. The minimum absolute atomic E-state index is 0. The molecule has 0 bridgehead atoms.